The van der Waals surface area contributed by atoms with Gasteiger partial charge in [0.05, 0.1) is 16.4 Å². The summed E-state index contributed by atoms with van der Waals surface area (Å²) in [6.45, 7) is 3.76. The molecule has 0 spiro atoms. The van der Waals surface area contributed by atoms with Crippen LogP contribution in [0.5, 0.6) is 0 Å². The number of thiophene rings is 1. The average Bonchev–Trinajstić information content (AvgIpc) is 3.12. The van der Waals surface area contributed by atoms with E-state index in [-0.39, 0.29) is 11.8 Å². The second-order valence-electron chi connectivity index (χ2n) is 5.32. The van der Waals surface area contributed by atoms with E-state index >= 15 is 0 Å². The molecule has 2 amide bonds. The first-order valence-electron chi connectivity index (χ1n) is 7.42. The topological polar surface area (TPSA) is 61.8 Å². The monoisotopic (exact) mass is 327 g/mol. The second-order valence-corrected chi connectivity index (χ2v) is 6.23. The minimum atomic E-state index is -0.873. The molecule has 0 fully saturated rings. The van der Waals surface area contributed by atoms with Crippen molar-refractivity contribution in [3.63, 3.8) is 0 Å². The predicted octanol–water partition coefficient (Wildman–Crippen LogP) is 3.29. The highest BCUT2D eigenvalue weighted by atomic mass is 32.1. The molecule has 0 saturated heterocycles. The molecule has 0 saturated carbocycles. The van der Waals surface area contributed by atoms with E-state index in [1.54, 1.807) is 19.1 Å². The maximum absolute atomic E-state index is 12.6. The van der Waals surface area contributed by atoms with Crippen LogP contribution in [-0.2, 0) is 16.0 Å². The summed E-state index contributed by atoms with van der Waals surface area (Å²) in [6.07, 6.45) is 0.914. The summed E-state index contributed by atoms with van der Waals surface area (Å²) in [5, 5.41) is 11.1. The Labute approximate surface area is 138 Å². The molecule has 1 N–H and O–H groups in total. The normalized spacial score (nSPS) is 17.3. The lowest BCUT2D eigenvalue weighted by atomic mass is 10.0. The summed E-state index contributed by atoms with van der Waals surface area (Å²) in [4.78, 5) is 25.0. The smallest absolute Gasteiger partial charge is 0.265 e. The first-order valence-corrected chi connectivity index (χ1v) is 8.30. The van der Waals surface area contributed by atoms with Crippen LogP contribution in [0.25, 0.3) is 0 Å². The maximum atomic E-state index is 12.6. The van der Waals surface area contributed by atoms with Crippen molar-refractivity contribution in [3.8, 4) is 0 Å². The van der Waals surface area contributed by atoms with E-state index in [0.717, 1.165) is 11.4 Å². The van der Waals surface area contributed by atoms with E-state index in [4.69, 9.17) is 0 Å². The van der Waals surface area contributed by atoms with Crippen LogP contribution < -0.4 is 10.3 Å². The van der Waals surface area contributed by atoms with Gasteiger partial charge in [-0.15, -0.1) is 11.3 Å². The van der Waals surface area contributed by atoms with Gasteiger partial charge in [-0.3, -0.25) is 9.59 Å². The zero-order valence-electron chi connectivity index (χ0n) is 12.9. The number of hydrogen-bond donors (Lipinski definition) is 1. The number of anilines is 2. The average molecular weight is 327 g/mol. The standard InChI is InChI=1S/C17H17N3O2S/c1-3-12-9-14(23-10-12)18-16(21)15-11(2)19-20(17(15)22)13-7-5-4-6-8-13/h4-10,15H,3H2,1-2H3,(H,18,21). The Morgan fingerprint density at radius 2 is 2.09 bits per heavy atom. The van der Waals surface area contributed by atoms with Crippen molar-refractivity contribution in [3.05, 3.63) is 47.3 Å². The second kappa shape index (κ2) is 6.34. The molecule has 1 aromatic heterocycles. The molecule has 1 unspecified atom stereocenters. The van der Waals surface area contributed by atoms with Gasteiger partial charge in [0, 0.05) is 0 Å². The van der Waals surface area contributed by atoms with Crippen LogP contribution in [0.3, 0.4) is 0 Å². The Bertz CT molecular complexity index is 767. The number of rotatable bonds is 4. The zero-order chi connectivity index (χ0) is 16.4. The molecule has 1 aliphatic rings. The van der Waals surface area contributed by atoms with Gasteiger partial charge in [-0.1, -0.05) is 25.1 Å². The van der Waals surface area contributed by atoms with Crippen molar-refractivity contribution in [2.75, 3.05) is 10.3 Å². The van der Waals surface area contributed by atoms with E-state index in [2.05, 4.69) is 17.3 Å². The molecule has 6 heteroatoms. The van der Waals surface area contributed by atoms with Gasteiger partial charge in [0.1, 0.15) is 0 Å². The summed E-state index contributed by atoms with van der Waals surface area (Å²) < 4.78 is 0. The Morgan fingerprint density at radius 1 is 1.35 bits per heavy atom. The third kappa shape index (κ3) is 3.03. The number of aryl methyl sites for hydroxylation is 1. The van der Waals surface area contributed by atoms with Crippen molar-refractivity contribution in [2.45, 2.75) is 20.3 Å². The minimum absolute atomic E-state index is 0.321. The summed E-state index contributed by atoms with van der Waals surface area (Å²) in [5.74, 6) is -1.53. The van der Waals surface area contributed by atoms with Crippen LogP contribution in [-0.4, -0.2) is 17.5 Å². The molecule has 1 aromatic carbocycles. The fourth-order valence-corrected chi connectivity index (χ4v) is 3.33. The van der Waals surface area contributed by atoms with Crippen molar-refractivity contribution >= 4 is 39.6 Å². The van der Waals surface area contributed by atoms with E-state index in [1.807, 2.05) is 29.6 Å². The number of nitrogens with zero attached hydrogens (tertiary/aromatic N) is 2. The van der Waals surface area contributed by atoms with E-state index in [0.29, 0.717) is 11.4 Å². The fraction of sp³-hybridized carbons (Fsp3) is 0.235. The van der Waals surface area contributed by atoms with Crippen molar-refractivity contribution in [1.82, 2.24) is 0 Å². The number of carbonyl (C=O) groups excluding carboxylic acids is 2. The van der Waals surface area contributed by atoms with Crippen molar-refractivity contribution in [1.29, 1.82) is 0 Å². The minimum Gasteiger partial charge on any atom is -0.317 e. The van der Waals surface area contributed by atoms with E-state index in [9.17, 15) is 9.59 Å². The van der Waals surface area contributed by atoms with Gasteiger partial charge >= 0.3 is 0 Å². The molecule has 2 aromatic rings. The van der Waals surface area contributed by atoms with Gasteiger partial charge in [0.2, 0.25) is 5.91 Å². The highest BCUT2D eigenvalue weighted by Crippen LogP contribution is 2.26. The van der Waals surface area contributed by atoms with Gasteiger partial charge in [0.25, 0.3) is 5.91 Å². The third-order valence-corrected chi connectivity index (χ3v) is 4.60. The van der Waals surface area contributed by atoms with Crippen LogP contribution >= 0.6 is 11.3 Å². The zero-order valence-corrected chi connectivity index (χ0v) is 13.8. The number of amides is 2. The number of carbonyl (C=O) groups is 2. The largest absolute Gasteiger partial charge is 0.317 e. The van der Waals surface area contributed by atoms with Gasteiger partial charge in [-0.2, -0.15) is 10.1 Å². The summed E-state index contributed by atoms with van der Waals surface area (Å²) in [5.41, 5.74) is 2.33. The SMILES string of the molecule is CCc1csc(NC(=O)C2C(=O)N(c3ccccc3)N=C2C)c1. The number of benzene rings is 1. The van der Waals surface area contributed by atoms with Gasteiger partial charge in [-0.25, -0.2) is 0 Å². The van der Waals surface area contributed by atoms with Crippen LogP contribution in [0.2, 0.25) is 0 Å². The molecular weight excluding hydrogens is 310 g/mol. The van der Waals surface area contributed by atoms with Gasteiger partial charge in [-0.05, 0) is 42.5 Å². The molecule has 118 valence electrons. The van der Waals surface area contributed by atoms with Gasteiger partial charge in [0.15, 0.2) is 5.92 Å². The van der Waals surface area contributed by atoms with Gasteiger partial charge < -0.3 is 5.32 Å². The third-order valence-electron chi connectivity index (χ3n) is 3.70. The highest BCUT2D eigenvalue weighted by Gasteiger charge is 2.39. The van der Waals surface area contributed by atoms with Crippen molar-refractivity contribution in [2.24, 2.45) is 11.0 Å². The van der Waals surface area contributed by atoms with Crippen LogP contribution in [0.4, 0.5) is 10.7 Å². The molecule has 23 heavy (non-hydrogen) atoms. The summed E-state index contributed by atoms with van der Waals surface area (Å²) in [7, 11) is 0. The summed E-state index contributed by atoms with van der Waals surface area (Å²) in [6, 6.07) is 11.1. The van der Waals surface area contributed by atoms with Crippen LogP contribution in [0.15, 0.2) is 46.9 Å². The maximum Gasteiger partial charge on any atom is 0.265 e. The summed E-state index contributed by atoms with van der Waals surface area (Å²) >= 11 is 1.46. The Kier molecular flexibility index (Phi) is 4.25. The number of hydrogen-bond acceptors (Lipinski definition) is 4. The lowest BCUT2D eigenvalue weighted by Gasteiger charge is -2.13. The van der Waals surface area contributed by atoms with Crippen LogP contribution in [0.1, 0.15) is 19.4 Å². The number of nitrogens with one attached hydrogen (secondary N) is 1. The molecule has 3 rings (SSSR count). The molecule has 0 bridgehead atoms. The lowest BCUT2D eigenvalue weighted by molar-refractivity contribution is -0.127. The Hall–Kier alpha value is -2.47. The molecular formula is C17H17N3O2S. The number of para-hydroxylation sites is 1. The number of hydrazone groups is 1. The Morgan fingerprint density at radius 3 is 2.74 bits per heavy atom. The fourth-order valence-electron chi connectivity index (χ4n) is 2.44. The molecule has 0 radical (unpaired) electrons. The lowest BCUT2D eigenvalue weighted by Crippen LogP contribution is -2.36. The van der Waals surface area contributed by atoms with Crippen LogP contribution in [0, 0.1) is 5.92 Å². The molecule has 5 nitrogen and oxygen atoms in total. The molecule has 1 aliphatic heterocycles. The predicted molar refractivity (Wildman–Crippen MR) is 92.9 cm³/mol. The Balaban J connectivity index is 1.77. The van der Waals surface area contributed by atoms with E-state index in [1.165, 1.54) is 21.9 Å². The molecule has 1 atom stereocenters. The quantitative estimate of drug-likeness (QED) is 0.876. The van der Waals surface area contributed by atoms with E-state index < -0.39 is 5.92 Å². The highest BCUT2D eigenvalue weighted by molar-refractivity contribution is 7.14. The molecule has 0 aliphatic carbocycles. The first kappa shape index (κ1) is 15.4. The van der Waals surface area contributed by atoms with Crippen molar-refractivity contribution < 1.29 is 9.59 Å². The molecule has 2 heterocycles. The first-order chi connectivity index (χ1) is 11.1.